The number of rotatable bonds is 6. The minimum Gasteiger partial charge on any atom is -0.208 e. The molecular formula is C11H16ClNO4S2. The molecule has 0 aliphatic rings. The van der Waals surface area contributed by atoms with Gasteiger partial charge in [0.25, 0.3) is 9.05 Å². The topological polar surface area (TPSA) is 80.3 Å². The zero-order chi connectivity index (χ0) is 14.7. The number of benzene rings is 1. The average Bonchev–Trinajstić information content (AvgIpc) is 2.35. The van der Waals surface area contributed by atoms with E-state index in [-0.39, 0.29) is 15.8 Å². The van der Waals surface area contributed by atoms with Crippen molar-refractivity contribution in [2.45, 2.75) is 42.5 Å². The van der Waals surface area contributed by atoms with Gasteiger partial charge in [-0.05, 0) is 37.1 Å². The van der Waals surface area contributed by atoms with Gasteiger partial charge >= 0.3 is 0 Å². The first-order valence-corrected chi connectivity index (χ1v) is 9.57. The summed E-state index contributed by atoms with van der Waals surface area (Å²) in [4.78, 5) is -0.112. The van der Waals surface area contributed by atoms with Gasteiger partial charge in [0, 0.05) is 16.7 Å². The second kappa shape index (κ2) is 6.21. The zero-order valence-corrected chi connectivity index (χ0v) is 13.0. The Balaban J connectivity index is 3.04. The Hall–Kier alpha value is -0.630. The van der Waals surface area contributed by atoms with Crippen LogP contribution in [0.15, 0.2) is 34.1 Å². The van der Waals surface area contributed by atoms with Crippen molar-refractivity contribution in [3.8, 4) is 0 Å². The molecule has 108 valence electrons. The number of hydrogen-bond donors (Lipinski definition) is 1. The largest absolute Gasteiger partial charge is 0.261 e. The van der Waals surface area contributed by atoms with Crippen LogP contribution in [-0.4, -0.2) is 22.9 Å². The van der Waals surface area contributed by atoms with Crippen LogP contribution in [-0.2, 0) is 19.1 Å². The minimum absolute atomic E-state index is 0.0171. The summed E-state index contributed by atoms with van der Waals surface area (Å²) in [5.74, 6) is 0. The molecule has 19 heavy (non-hydrogen) atoms. The Labute approximate surface area is 118 Å². The molecule has 0 fully saturated rings. The summed E-state index contributed by atoms with van der Waals surface area (Å²) < 4.78 is 48.7. The van der Waals surface area contributed by atoms with E-state index in [0.29, 0.717) is 12.8 Å². The van der Waals surface area contributed by atoms with Crippen LogP contribution in [0.3, 0.4) is 0 Å². The van der Waals surface area contributed by atoms with Crippen LogP contribution >= 0.6 is 10.7 Å². The molecule has 0 saturated carbocycles. The maximum atomic E-state index is 12.0. The van der Waals surface area contributed by atoms with Crippen LogP contribution < -0.4 is 4.72 Å². The van der Waals surface area contributed by atoms with Crippen LogP contribution in [0.5, 0.6) is 0 Å². The molecule has 0 radical (unpaired) electrons. The summed E-state index contributed by atoms with van der Waals surface area (Å²) in [6, 6.07) is 4.65. The summed E-state index contributed by atoms with van der Waals surface area (Å²) >= 11 is 0. The summed E-state index contributed by atoms with van der Waals surface area (Å²) in [7, 11) is -2.31. The molecule has 5 nitrogen and oxygen atoms in total. The molecule has 0 aliphatic carbocycles. The van der Waals surface area contributed by atoms with E-state index < -0.39 is 19.1 Å². The third-order valence-corrected chi connectivity index (χ3v) is 5.63. The molecule has 0 aliphatic heterocycles. The second-order valence-corrected chi connectivity index (χ2v) is 8.32. The molecule has 1 N–H and O–H groups in total. The van der Waals surface area contributed by atoms with Crippen molar-refractivity contribution in [3.05, 3.63) is 24.3 Å². The Morgan fingerprint density at radius 1 is 1.00 bits per heavy atom. The van der Waals surface area contributed by atoms with Gasteiger partial charge in [0.15, 0.2) is 0 Å². The Morgan fingerprint density at radius 3 is 1.79 bits per heavy atom. The monoisotopic (exact) mass is 325 g/mol. The predicted octanol–water partition coefficient (Wildman–Crippen LogP) is 2.08. The van der Waals surface area contributed by atoms with Crippen molar-refractivity contribution >= 4 is 29.8 Å². The highest BCUT2D eigenvalue weighted by Crippen LogP contribution is 2.18. The highest BCUT2D eigenvalue weighted by atomic mass is 35.7. The lowest BCUT2D eigenvalue weighted by molar-refractivity contribution is 0.530. The van der Waals surface area contributed by atoms with Gasteiger partial charge in [0.1, 0.15) is 0 Å². The van der Waals surface area contributed by atoms with Crippen molar-refractivity contribution in [2.75, 3.05) is 0 Å². The molecule has 0 amide bonds. The van der Waals surface area contributed by atoms with Crippen molar-refractivity contribution in [1.29, 1.82) is 0 Å². The van der Waals surface area contributed by atoms with Crippen LogP contribution in [0.4, 0.5) is 0 Å². The van der Waals surface area contributed by atoms with Crippen molar-refractivity contribution < 1.29 is 16.8 Å². The number of halogens is 1. The SMILES string of the molecule is CCC(CC)NS(=O)(=O)c1ccc(S(=O)(=O)Cl)cc1. The molecule has 1 aromatic rings. The molecule has 0 spiro atoms. The van der Waals surface area contributed by atoms with E-state index in [9.17, 15) is 16.8 Å². The number of hydrogen-bond acceptors (Lipinski definition) is 4. The van der Waals surface area contributed by atoms with Gasteiger partial charge in [-0.3, -0.25) is 0 Å². The Bertz CT molecular complexity index is 619. The van der Waals surface area contributed by atoms with Gasteiger partial charge in [-0.25, -0.2) is 21.6 Å². The van der Waals surface area contributed by atoms with Crippen LogP contribution in [0.1, 0.15) is 26.7 Å². The fraction of sp³-hybridized carbons (Fsp3) is 0.455. The highest BCUT2D eigenvalue weighted by molar-refractivity contribution is 8.13. The predicted molar refractivity (Wildman–Crippen MR) is 74.2 cm³/mol. The van der Waals surface area contributed by atoms with E-state index in [1.165, 1.54) is 24.3 Å². The quantitative estimate of drug-likeness (QED) is 0.812. The lowest BCUT2D eigenvalue weighted by Gasteiger charge is -2.15. The molecule has 0 atom stereocenters. The molecule has 1 rings (SSSR count). The minimum atomic E-state index is -3.84. The van der Waals surface area contributed by atoms with Crippen LogP contribution in [0, 0.1) is 0 Å². The van der Waals surface area contributed by atoms with Crippen molar-refractivity contribution in [2.24, 2.45) is 0 Å². The smallest absolute Gasteiger partial charge is 0.208 e. The zero-order valence-electron chi connectivity index (χ0n) is 10.6. The van der Waals surface area contributed by atoms with Crippen molar-refractivity contribution in [3.63, 3.8) is 0 Å². The van der Waals surface area contributed by atoms with Crippen molar-refractivity contribution in [1.82, 2.24) is 4.72 Å². The molecule has 0 saturated heterocycles. The highest BCUT2D eigenvalue weighted by Gasteiger charge is 2.19. The molecule has 8 heteroatoms. The third-order valence-electron chi connectivity index (χ3n) is 2.72. The molecule has 0 aromatic heterocycles. The second-order valence-electron chi connectivity index (χ2n) is 4.04. The summed E-state index contributed by atoms with van der Waals surface area (Å²) in [6.45, 7) is 3.78. The normalized spacial score (nSPS) is 12.8. The molecule has 0 unspecified atom stereocenters. The molecule has 1 aromatic carbocycles. The first-order valence-electron chi connectivity index (χ1n) is 5.77. The number of sulfonamides is 1. The Morgan fingerprint density at radius 2 is 1.42 bits per heavy atom. The first-order chi connectivity index (χ1) is 8.70. The summed E-state index contributed by atoms with van der Waals surface area (Å²) in [6.07, 6.45) is 1.37. The van der Waals surface area contributed by atoms with Gasteiger partial charge in [0.05, 0.1) is 9.79 Å². The van der Waals surface area contributed by atoms with Gasteiger partial charge in [-0.1, -0.05) is 13.8 Å². The van der Waals surface area contributed by atoms with E-state index in [2.05, 4.69) is 4.72 Å². The van der Waals surface area contributed by atoms with Gasteiger partial charge in [0.2, 0.25) is 10.0 Å². The Kier molecular flexibility index (Phi) is 5.37. The van der Waals surface area contributed by atoms with Gasteiger partial charge in [-0.2, -0.15) is 0 Å². The maximum Gasteiger partial charge on any atom is 0.261 e. The van der Waals surface area contributed by atoms with Crippen LogP contribution in [0.2, 0.25) is 0 Å². The van der Waals surface area contributed by atoms with Gasteiger partial charge in [-0.15, -0.1) is 0 Å². The average molecular weight is 326 g/mol. The van der Waals surface area contributed by atoms with E-state index >= 15 is 0 Å². The summed E-state index contributed by atoms with van der Waals surface area (Å²) in [5, 5.41) is 0. The lowest BCUT2D eigenvalue weighted by Crippen LogP contribution is -2.33. The fourth-order valence-electron chi connectivity index (χ4n) is 1.52. The standard InChI is InChI=1S/C11H16ClNO4S2/c1-3-9(4-2)13-19(16,17)11-7-5-10(6-8-11)18(12,14)15/h5-9,13H,3-4H2,1-2H3. The van der Waals surface area contributed by atoms with E-state index in [4.69, 9.17) is 10.7 Å². The van der Waals surface area contributed by atoms with Crippen LogP contribution in [0.25, 0.3) is 0 Å². The summed E-state index contributed by atoms with van der Waals surface area (Å²) in [5.41, 5.74) is 0. The molecule has 0 heterocycles. The maximum absolute atomic E-state index is 12.0. The molecule has 0 bridgehead atoms. The van der Waals surface area contributed by atoms with E-state index in [1.807, 2.05) is 13.8 Å². The molecular weight excluding hydrogens is 310 g/mol. The van der Waals surface area contributed by atoms with E-state index in [1.54, 1.807) is 0 Å². The fourth-order valence-corrected chi connectivity index (χ4v) is 3.70. The first kappa shape index (κ1) is 16.4. The number of nitrogens with one attached hydrogen (secondary N) is 1. The van der Waals surface area contributed by atoms with Gasteiger partial charge < -0.3 is 0 Å². The lowest BCUT2D eigenvalue weighted by atomic mass is 10.2. The third kappa shape index (κ3) is 4.45. The van der Waals surface area contributed by atoms with E-state index in [0.717, 1.165) is 0 Å².